The maximum atomic E-state index is 12.5. The molecule has 0 radical (unpaired) electrons. The van der Waals surface area contributed by atoms with Crippen molar-refractivity contribution in [2.75, 3.05) is 5.75 Å². The van der Waals surface area contributed by atoms with Gasteiger partial charge in [-0.25, -0.2) is 4.98 Å². The second-order valence-corrected chi connectivity index (χ2v) is 6.87. The second-order valence-electron chi connectivity index (χ2n) is 5.92. The molecule has 2 N–H and O–H groups in total. The number of benzene rings is 2. The highest BCUT2D eigenvalue weighted by Gasteiger charge is 2.12. The van der Waals surface area contributed by atoms with Crippen molar-refractivity contribution in [1.29, 1.82) is 0 Å². The molecule has 0 fully saturated rings. The first kappa shape index (κ1) is 18.7. The highest BCUT2D eigenvalue weighted by molar-refractivity contribution is 7.99. The number of imidazole rings is 1. The molecule has 138 valence electrons. The number of thioether (sulfide) groups is 1. The van der Waals surface area contributed by atoms with Gasteiger partial charge in [0.15, 0.2) is 10.9 Å². The average Bonchev–Trinajstić information content (AvgIpc) is 3.10. The highest BCUT2D eigenvalue weighted by atomic mass is 32.2. The number of phenolic OH excluding ortho intramolecular Hbond substituents is 1. The van der Waals surface area contributed by atoms with Gasteiger partial charge in [-0.05, 0) is 18.2 Å². The first-order valence-electron chi connectivity index (χ1n) is 8.33. The van der Waals surface area contributed by atoms with Gasteiger partial charge in [-0.3, -0.25) is 9.59 Å². The molecular weight excluding hydrogens is 362 g/mol. The van der Waals surface area contributed by atoms with E-state index < -0.39 is 0 Å². The maximum Gasteiger partial charge on any atom is 0.230 e. The van der Waals surface area contributed by atoms with Gasteiger partial charge < -0.3 is 15.0 Å². The normalized spacial score (nSPS) is 10.6. The lowest BCUT2D eigenvalue weighted by atomic mass is 10.0. The quantitative estimate of drug-likeness (QED) is 0.486. The molecule has 0 aliphatic rings. The van der Waals surface area contributed by atoms with Gasteiger partial charge in [0, 0.05) is 42.7 Å². The molecule has 0 atom stereocenters. The molecule has 1 heterocycles. The number of nitrogens with zero attached hydrogens (tertiary/aromatic N) is 2. The van der Waals surface area contributed by atoms with Crippen LogP contribution in [-0.2, 0) is 18.4 Å². The lowest BCUT2D eigenvalue weighted by Crippen LogP contribution is -2.25. The van der Waals surface area contributed by atoms with E-state index in [1.54, 1.807) is 42.6 Å². The van der Waals surface area contributed by atoms with E-state index in [1.165, 1.54) is 17.8 Å². The SMILES string of the molecule is Cn1ccnc1SCC(=O)NCc1cc(C(=O)c2ccccc2)ccc1O. The van der Waals surface area contributed by atoms with E-state index in [0.29, 0.717) is 16.7 Å². The predicted octanol–water partition coefficient (Wildman–Crippen LogP) is 2.77. The summed E-state index contributed by atoms with van der Waals surface area (Å²) < 4.78 is 1.84. The van der Waals surface area contributed by atoms with Gasteiger partial charge in [-0.2, -0.15) is 0 Å². The van der Waals surface area contributed by atoms with Crippen molar-refractivity contribution in [3.63, 3.8) is 0 Å². The summed E-state index contributed by atoms with van der Waals surface area (Å²) in [5.41, 5.74) is 1.53. The van der Waals surface area contributed by atoms with E-state index in [0.717, 1.165) is 5.16 Å². The summed E-state index contributed by atoms with van der Waals surface area (Å²) in [5, 5.41) is 13.5. The van der Waals surface area contributed by atoms with Gasteiger partial charge in [0.25, 0.3) is 0 Å². The van der Waals surface area contributed by atoms with E-state index in [9.17, 15) is 14.7 Å². The van der Waals surface area contributed by atoms with Crippen molar-refractivity contribution in [2.24, 2.45) is 7.05 Å². The Morgan fingerprint density at radius 3 is 2.63 bits per heavy atom. The van der Waals surface area contributed by atoms with E-state index >= 15 is 0 Å². The molecule has 1 aromatic heterocycles. The number of aryl methyl sites for hydroxylation is 1. The van der Waals surface area contributed by atoms with Crippen LogP contribution in [0.25, 0.3) is 0 Å². The molecule has 0 aliphatic carbocycles. The number of amides is 1. The summed E-state index contributed by atoms with van der Waals surface area (Å²) in [4.78, 5) is 28.7. The Bertz CT molecular complexity index is 954. The van der Waals surface area contributed by atoms with E-state index in [2.05, 4.69) is 10.3 Å². The summed E-state index contributed by atoms with van der Waals surface area (Å²) in [7, 11) is 1.86. The number of aromatic nitrogens is 2. The third-order valence-corrected chi connectivity index (χ3v) is 5.02. The molecular formula is C20H19N3O3S. The van der Waals surface area contributed by atoms with Crippen LogP contribution in [0.3, 0.4) is 0 Å². The van der Waals surface area contributed by atoms with Crippen molar-refractivity contribution in [3.05, 3.63) is 77.6 Å². The van der Waals surface area contributed by atoms with Crippen molar-refractivity contribution in [2.45, 2.75) is 11.7 Å². The number of phenols is 1. The van der Waals surface area contributed by atoms with Crippen molar-refractivity contribution >= 4 is 23.5 Å². The van der Waals surface area contributed by atoms with Crippen molar-refractivity contribution in [1.82, 2.24) is 14.9 Å². The van der Waals surface area contributed by atoms with Crippen LogP contribution in [0.1, 0.15) is 21.5 Å². The van der Waals surface area contributed by atoms with E-state index in [1.807, 2.05) is 23.9 Å². The summed E-state index contributed by atoms with van der Waals surface area (Å²) in [6, 6.07) is 13.6. The molecule has 0 saturated carbocycles. The Labute approximate surface area is 161 Å². The highest BCUT2D eigenvalue weighted by Crippen LogP contribution is 2.21. The fourth-order valence-electron chi connectivity index (χ4n) is 2.49. The van der Waals surface area contributed by atoms with Gasteiger partial charge in [-0.1, -0.05) is 42.1 Å². The van der Waals surface area contributed by atoms with E-state index in [4.69, 9.17) is 0 Å². The topological polar surface area (TPSA) is 84.2 Å². The number of nitrogens with one attached hydrogen (secondary N) is 1. The molecule has 6 nitrogen and oxygen atoms in total. The molecule has 1 amide bonds. The van der Waals surface area contributed by atoms with Gasteiger partial charge in [0.2, 0.25) is 5.91 Å². The fraction of sp³-hybridized carbons (Fsp3) is 0.150. The number of aromatic hydroxyl groups is 1. The molecule has 3 rings (SSSR count). The lowest BCUT2D eigenvalue weighted by molar-refractivity contribution is -0.118. The van der Waals surface area contributed by atoms with Gasteiger partial charge >= 0.3 is 0 Å². The van der Waals surface area contributed by atoms with Crippen LogP contribution in [0.15, 0.2) is 66.1 Å². The van der Waals surface area contributed by atoms with Crippen LogP contribution < -0.4 is 5.32 Å². The molecule has 0 aliphatic heterocycles. The van der Waals surface area contributed by atoms with Crippen LogP contribution in [0.5, 0.6) is 5.75 Å². The minimum absolute atomic E-state index is 0.0386. The molecule has 0 bridgehead atoms. The predicted molar refractivity (Wildman–Crippen MR) is 104 cm³/mol. The third-order valence-electron chi connectivity index (χ3n) is 3.96. The van der Waals surface area contributed by atoms with E-state index in [-0.39, 0.29) is 29.7 Å². The molecule has 2 aromatic carbocycles. The number of carbonyl (C=O) groups is 2. The molecule has 0 saturated heterocycles. The van der Waals surface area contributed by atoms with Gasteiger partial charge in [-0.15, -0.1) is 0 Å². The third kappa shape index (κ3) is 4.77. The largest absolute Gasteiger partial charge is 0.508 e. The zero-order valence-electron chi connectivity index (χ0n) is 14.8. The molecule has 7 heteroatoms. The standard InChI is InChI=1S/C20H19N3O3S/c1-23-10-9-21-20(23)27-13-18(25)22-12-16-11-15(7-8-17(16)24)19(26)14-5-3-2-4-6-14/h2-11,24H,12-13H2,1H3,(H,22,25). The zero-order valence-corrected chi connectivity index (χ0v) is 15.6. The number of carbonyl (C=O) groups excluding carboxylic acids is 2. The number of hydrogen-bond acceptors (Lipinski definition) is 5. The smallest absolute Gasteiger partial charge is 0.230 e. The van der Waals surface area contributed by atoms with Crippen LogP contribution in [0, 0.1) is 0 Å². The molecule has 0 spiro atoms. The first-order chi connectivity index (χ1) is 13.0. The summed E-state index contributed by atoms with van der Waals surface area (Å²) in [6.45, 7) is 0.141. The molecule has 3 aromatic rings. The number of rotatable bonds is 7. The zero-order chi connectivity index (χ0) is 19.2. The summed E-state index contributed by atoms with van der Waals surface area (Å²) in [6.07, 6.45) is 3.49. The van der Waals surface area contributed by atoms with Crippen LogP contribution in [0.2, 0.25) is 0 Å². The molecule has 0 unspecified atom stereocenters. The van der Waals surface area contributed by atoms with Crippen LogP contribution in [-0.4, -0.2) is 32.1 Å². The maximum absolute atomic E-state index is 12.5. The summed E-state index contributed by atoms with van der Waals surface area (Å²) in [5.74, 6) is -0.0544. The Morgan fingerprint density at radius 2 is 1.93 bits per heavy atom. The average molecular weight is 381 g/mol. The number of hydrogen-bond donors (Lipinski definition) is 2. The Hall–Kier alpha value is -3.06. The van der Waals surface area contributed by atoms with Crippen LogP contribution >= 0.6 is 11.8 Å². The fourth-order valence-corrected chi connectivity index (χ4v) is 3.25. The minimum Gasteiger partial charge on any atom is -0.508 e. The van der Waals surface area contributed by atoms with Gasteiger partial charge in [0.05, 0.1) is 5.75 Å². The Morgan fingerprint density at radius 1 is 1.15 bits per heavy atom. The Kier molecular flexibility index (Phi) is 5.93. The first-order valence-corrected chi connectivity index (χ1v) is 9.31. The lowest BCUT2D eigenvalue weighted by Gasteiger charge is -2.09. The van der Waals surface area contributed by atoms with Crippen molar-refractivity contribution in [3.8, 4) is 5.75 Å². The van der Waals surface area contributed by atoms with Crippen molar-refractivity contribution < 1.29 is 14.7 Å². The van der Waals surface area contributed by atoms with Gasteiger partial charge in [0.1, 0.15) is 5.75 Å². The van der Waals surface area contributed by atoms with Crippen LogP contribution in [0.4, 0.5) is 0 Å². The number of ketones is 1. The summed E-state index contributed by atoms with van der Waals surface area (Å²) >= 11 is 1.33. The molecule has 27 heavy (non-hydrogen) atoms. The second kappa shape index (κ2) is 8.55. The minimum atomic E-state index is -0.179. The Balaban J connectivity index is 1.62. The monoisotopic (exact) mass is 381 g/mol.